The SMILES string of the molecule is Cc1nc2ccc(C3(C)C=NNC(=O)C3)cc2n1C. The molecule has 3 rings (SSSR count). The van der Waals surface area contributed by atoms with Crippen LogP contribution in [0.4, 0.5) is 0 Å². The molecule has 0 saturated heterocycles. The molecule has 5 nitrogen and oxygen atoms in total. The van der Waals surface area contributed by atoms with Gasteiger partial charge in [-0.05, 0) is 31.5 Å². The Morgan fingerprint density at radius 3 is 2.95 bits per heavy atom. The molecule has 2 aromatic rings. The second-order valence-corrected chi connectivity index (χ2v) is 5.31. The highest BCUT2D eigenvalue weighted by atomic mass is 16.2. The Bertz CT molecular complexity index is 701. The van der Waals surface area contributed by atoms with E-state index in [2.05, 4.69) is 26.1 Å². The minimum absolute atomic E-state index is 0.0497. The van der Waals surface area contributed by atoms with E-state index < -0.39 is 0 Å². The van der Waals surface area contributed by atoms with E-state index in [1.54, 1.807) is 6.21 Å². The third-order valence-corrected chi connectivity index (χ3v) is 3.83. The molecule has 0 fully saturated rings. The van der Waals surface area contributed by atoms with Crippen LogP contribution in [0.3, 0.4) is 0 Å². The Balaban J connectivity index is 2.15. The van der Waals surface area contributed by atoms with E-state index in [0.717, 1.165) is 22.4 Å². The van der Waals surface area contributed by atoms with E-state index in [1.165, 1.54) is 0 Å². The molecule has 5 heteroatoms. The first-order chi connectivity index (χ1) is 8.99. The summed E-state index contributed by atoms with van der Waals surface area (Å²) in [4.78, 5) is 16.0. The molecular formula is C14H16N4O. The molecule has 1 unspecified atom stereocenters. The molecule has 19 heavy (non-hydrogen) atoms. The molecule has 1 N–H and O–H groups in total. The van der Waals surface area contributed by atoms with Gasteiger partial charge in [-0.3, -0.25) is 4.79 Å². The van der Waals surface area contributed by atoms with E-state index in [4.69, 9.17) is 0 Å². The smallest absolute Gasteiger partial charge is 0.241 e. The van der Waals surface area contributed by atoms with Crippen LogP contribution in [0.25, 0.3) is 11.0 Å². The first-order valence-electron chi connectivity index (χ1n) is 6.26. The minimum Gasteiger partial charge on any atom is -0.331 e. The third kappa shape index (κ3) is 1.82. The third-order valence-electron chi connectivity index (χ3n) is 3.83. The summed E-state index contributed by atoms with van der Waals surface area (Å²) >= 11 is 0. The largest absolute Gasteiger partial charge is 0.331 e. The highest BCUT2D eigenvalue weighted by molar-refractivity contribution is 5.90. The number of aryl methyl sites for hydroxylation is 2. The van der Waals surface area contributed by atoms with Crippen molar-refractivity contribution in [2.75, 3.05) is 0 Å². The van der Waals surface area contributed by atoms with Crippen LogP contribution in [0.1, 0.15) is 24.7 Å². The number of carbonyl (C=O) groups is 1. The molecule has 0 bridgehead atoms. The maximum absolute atomic E-state index is 11.5. The number of hydrogen-bond donors (Lipinski definition) is 1. The summed E-state index contributed by atoms with van der Waals surface area (Å²) in [6, 6.07) is 6.13. The Kier molecular flexibility index (Phi) is 2.45. The standard InChI is InChI=1S/C14H16N4O/c1-9-16-11-5-4-10(6-12(11)18(9)3)14(2)7-13(19)17-15-8-14/h4-6,8H,7H2,1-3H3,(H,17,19). The first kappa shape index (κ1) is 11.9. The molecule has 1 aromatic heterocycles. The van der Waals surface area contributed by atoms with E-state index in [9.17, 15) is 4.79 Å². The highest BCUT2D eigenvalue weighted by Crippen LogP contribution is 2.30. The van der Waals surface area contributed by atoms with Crippen molar-refractivity contribution in [1.29, 1.82) is 0 Å². The topological polar surface area (TPSA) is 59.3 Å². The van der Waals surface area contributed by atoms with Crippen molar-refractivity contribution in [3.05, 3.63) is 29.6 Å². The summed E-state index contributed by atoms with van der Waals surface area (Å²) in [5.74, 6) is 0.929. The van der Waals surface area contributed by atoms with E-state index in [-0.39, 0.29) is 11.3 Å². The molecule has 1 amide bonds. The fourth-order valence-electron chi connectivity index (χ4n) is 2.51. The molecule has 1 aromatic carbocycles. The van der Waals surface area contributed by atoms with Gasteiger partial charge < -0.3 is 4.57 Å². The van der Waals surface area contributed by atoms with Gasteiger partial charge in [-0.2, -0.15) is 5.10 Å². The second kappa shape index (κ2) is 3.91. The quantitative estimate of drug-likeness (QED) is 0.843. The van der Waals surface area contributed by atoms with Crippen LogP contribution in [0.15, 0.2) is 23.3 Å². The lowest BCUT2D eigenvalue weighted by Crippen LogP contribution is -2.37. The number of benzene rings is 1. The molecule has 0 saturated carbocycles. The number of rotatable bonds is 1. The second-order valence-electron chi connectivity index (χ2n) is 5.31. The zero-order valence-corrected chi connectivity index (χ0v) is 11.3. The summed E-state index contributed by atoms with van der Waals surface area (Å²) in [7, 11) is 2.00. The van der Waals surface area contributed by atoms with Gasteiger partial charge in [0.05, 0.1) is 11.0 Å². The molecule has 1 aliphatic heterocycles. The predicted molar refractivity (Wildman–Crippen MR) is 74.1 cm³/mol. The molecule has 98 valence electrons. The van der Waals surface area contributed by atoms with Crippen molar-refractivity contribution in [2.24, 2.45) is 12.1 Å². The Hall–Kier alpha value is -2.17. The van der Waals surface area contributed by atoms with Crippen LogP contribution in [0, 0.1) is 6.92 Å². The van der Waals surface area contributed by atoms with Gasteiger partial charge >= 0.3 is 0 Å². The maximum atomic E-state index is 11.5. The lowest BCUT2D eigenvalue weighted by molar-refractivity contribution is -0.122. The molecule has 0 radical (unpaired) electrons. The van der Waals surface area contributed by atoms with E-state index in [1.807, 2.05) is 33.0 Å². The maximum Gasteiger partial charge on any atom is 0.241 e. The van der Waals surface area contributed by atoms with E-state index in [0.29, 0.717) is 6.42 Å². The van der Waals surface area contributed by atoms with Gasteiger partial charge in [-0.25, -0.2) is 10.4 Å². The number of nitrogens with zero attached hydrogens (tertiary/aromatic N) is 3. The van der Waals surface area contributed by atoms with Gasteiger partial charge in [-0.1, -0.05) is 6.07 Å². The molecule has 1 aliphatic rings. The number of aromatic nitrogens is 2. The molecule has 2 heterocycles. The highest BCUT2D eigenvalue weighted by Gasteiger charge is 2.31. The van der Waals surface area contributed by atoms with Crippen molar-refractivity contribution in [3.63, 3.8) is 0 Å². The molecule has 0 aliphatic carbocycles. The summed E-state index contributed by atoms with van der Waals surface area (Å²) in [5.41, 5.74) is 5.26. The lowest BCUT2D eigenvalue weighted by atomic mass is 9.79. The number of amides is 1. The fraction of sp³-hybridized carbons (Fsp3) is 0.357. The Labute approximate surface area is 111 Å². The molecule has 0 spiro atoms. The Morgan fingerprint density at radius 1 is 1.42 bits per heavy atom. The van der Waals surface area contributed by atoms with E-state index >= 15 is 0 Å². The van der Waals surface area contributed by atoms with Crippen molar-refractivity contribution in [3.8, 4) is 0 Å². The van der Waals surface area contributed by atoms with Crippen molar-refractivity contribution >= 4 is 23.2 Å². The van der Waals surface area contributed by atoms with Gasteiger partial charge in [0, 0.05) is 25.1 Å². The average molecular weight is 256 g/mol. The van der Waals surface area contributed by atoms with Gasteiger partial charge in [0.1, 0.15) is 5.82 Å². The zero-order chi connectivity index (χ0) is 13.6. The van der Waals surface area contributed by atoms with Crippen LogP contribution in [-0.4, -0.2) is 21.7 Å². The number of carbonyl (C=O) groups excluding carboxylic acids is 1. The number of nitrogens with one attached hydrogen (secondary N) is 1. The summed E-state index contributed by atoms with van der Waals surface area (Å²) in [5, 5.41) is 3.95. The van der Waals surface area contributed by atoms with Crippen molar-refractivity contribution in [1.82, 2.24) is 15.0 Å². The first-order valence-corrected chi connectivity index (χ1v) is 6.26. The summed E-state index contributed by atoms with van der Waals surface area (Å²) < 4.78 is 2.06. The van der Waals surface area contributed by atoms with Crippen LogP contribution in [-0.2, 0) is 17.3 Å². The number of fused-ring (bicyclic) bond motifs is 1. The average Bonchev–Trinajstić information content (AvgIpc) is 2.65. The van der Waals surface area contributed by atoms with Gasteiger partial charge in [0.2, 0.25) is 5.91 Å². The molecular weight excluding hydrogens is 240 g/mol. The van der Waals surface area contributed by atoms with Gasteiger partial charge in [-0.15, -0.1) is 0 Å². The van der Waals surface area contributed by atoms with Crippen LogP contribution >= 0.6 is 0 Å². The number of hydrogen-bond acceptors (Lipinski definition) is 3. The predicted octanol–water partition coefficient (Wildman–Crippen LogP) is 1.65. The van der Waals surface area contributed by atoms with Crippen molar-refractivity contribution in [2.45, 2.75) is 25.7 Å². The summed E-state index contributed by atoms with van der Waals surface area (Å²) in [6.07, 6.45) is 2.22. The lowest BCUT2D eigenvalue weighted by Gasteiger charge is -2.27. The molecule has 1 atom stereocenters. The number of imidazole rings is 1. The van der Waals surface area contributed by atoms with Gasteiger partial charge in [0.25, 0.3) is 0 Å². The minimum atomic E-state index is -0.352. The van der Waals surface area contributed by atoms with Crippen LogP contribution in [0.5, 0.6) is 0 Å². The zero-order valence-electron chi connectivity index (χ0n) is 11.3. The van der Waals surface area contributed by atoms with Crippen molar-refractivity contribution < 1.29 is 4.79 Å². The van der Waals surface area contributed by atoms with Crippen LogP contribution in [0.2, 0.25) is 0 Å². The van der Waals surface area contributed by atoms with Gasteiger partial charge in [0.15, 0.2) is 0 Å². The monoisotopic (exact) mass is 256 g/mol. The normalized spacial score (nSPS) is 22.8. The number of hydrazone groups is 1. The Morgan fingerprint density at radius 2 is 2.21 bits per heavy atom. The summed E-state index contributed by atoms with van der Waals surface area (Å²) in [6.45, 7) is 4.01. The fourth-order valence-corrected chi connectivity index (χ4v) is 2.51. The van der Waals surface area contributed by atoms with Crippen LogP contribution < -0.4 is 5.43 Å².